The summed E-state index contributed by atoms with van der Waals surface area (Å²) in [5.41, 5.74) is 1.05. The van der Waals surface area contributed by atoms with Gasteiger partial charge in [0.2, 0.25) is 0 Å². The molecule has 2 amide bonds. The van der Waals surface area contributed by atoms with Crippen LogP contribution in [0.15, 0.2) is 24.3 Å². The van der Waals surface area contributed by atoms with E-state index in [1.54, 1.807) is 12.1 Å². The van der Waals surface area contributed by atoms with Gasteiger partial charge >= 0.3 is 11.8 Å². The predicted octanol–water partition coefficient (Wildman–Crippen LogP) is 0.200. The van der Waals surface area contributed by atoms with Crippen molar-refractivity contribution in [2.45, 2.75) is 6.42 Å². The first-order valence-electron chi connectivity index (χ1n) is 7.83. The van der Waals surface area contributed by atoms with E-state index in [2.05, 4.69) is 20.4 Å². The number of benzene rings is 1. The molecular formula is C16H23FN4O2. The van der Waals surface area contributed by atoms with Crippen LogP contribution in [0.3, 0.4) is 0 Å². The summed E-state index contributed by atoms with van der Waals surface area (Å²) in [5.74, 6) is -1.42. The molecule has 0 spiro atoms. The van der Waals surface area contributed by atoms with Crippen molar-refractivity contribution in [3.63, 3.8) is 0 Å². The zero-order chi connectivity index (χ0) is 16.7. The predicted molar refractivity (Wildman–Crippen MR) is 86.7 cm³/mol. The second-order valence-corrected chi connectivity index (χ2v) is 5.49. The van der Waals surface area contributed by atoms with Crippen LogP contribution in [0.4, 0.5) is 10.1 Å². The van der Waals surface area contributed by atoms with Gasteiger partial charge in [0, 0.05) is 45.5 Å². The van der Waals surface area contributed by atoms with Crippen LogP contribution in [-0.4, -0.2) is 63.0 Å². The lowest BCUT2D eigenvalue weighted by Crippen LogP contribution is -2.47. The molecule has 1 fully saturated rings. The summed E-state index contributed by atoms with van der Waals surface area (Å²) in [7, 11) is 1.43. The van der Waals surface area contributed by atoms with Gasteiger partial charge in [-0.2, -0.15) is 0 Å². The van der Waals surface area contributed by atoms with Gasteiger partial charge < -0.3 is 15.5 Å². The van der Waals surface area contributed by atoms with Crippen LogP contribution < -0.4 is 15.5 Å². The number of likely N-dealkylation sites (N-methyl/N-ethyl adjacent to an activating group) is 1. The van der Waals surface area contributed by atoms with Gasteiger partial charge in [-0.15, -0.1) is 0 Å². The Morgan fingerprint density at radius 3 is 2.35 bits per heavy atom. The first-order valence-corrected chi connectivity index (χ1v) is 7.83. The summed E-state index contributed by atoms with van der Waals surface area (Å²) >= 11 is 0. The molecule has 0 aromatic heterocycles. The van der Waals surface area contributed by atoms with Crippen molar-refractivity contribution < 1.29 is 14.0 Å². The molecule has 0 bridgehead atoms. The Morgan fingerprint density at radius 2 is 1.74 bits per heavy atom. The number of anilines is 1. The molecule has 0 atom stereocenters. The molecule has 0 aliphatic carbocycles. The standard InChI is InChI=1S/C16H23FN4O2/c1-18-15(22)16(23)19-7-2-8-20-9-11-21(12-10-20)14-5-3-13(17)4-6-14/h3-6H,2,7-12H2,1H3,(H,18,22)(H,19,23). The Bertz CT molecular complexity index is 527. The van der Waals surface area contributed by atoms with Gasteiger partial charge in [-0.05, 0) is 37.2 Å². The highest BCUT2D eigenvalue weighted by Gasteiger charge is 2.17. The Morgan fingerprint density at radius 1 is 1.09 bits per heavy atom. The number of nitrogens with zero attached hydrogens (tertiary/aromatic N) is 2. The van der Waals surface area contributed by atoms with Crippen LogP contribution in [0.2, 0.25) is 0 Å². The number of piperazine rings is 1. The fraction of sp³-hybridized carbons (Fsp3) is 0.500. The molecule has 0 radical (unpaired) electrons. The van der Waals surface area contributed by atoms with Gasteiger partial charge in [0.1, 0.15) is 5.82 Å². The van der Waals surface area contributed by atoms with E-state index in [9.17, 15) is 14.0 Å². The molecular weight excluding hydrogens is 299 g/mol. The fourth-order valence-corrected chi connectivity index (χ4v) is 2.58. The van der Waals surface area contributed by atoms with Gasteiger partial charge in [0.25, 0.3) is 0 Å². The molecule has 2 N–H and O–H groups in total. The first kappa shape index (κ1) is 17.2. The minimum Gasteiger partial charge on any atom is -0.369 e. The number of nitrogens with one attached hydrogen (secondary N) is 2. The lowest BCUT2D eigenvalue weighted by atomic mass is 10.2. The summed E-state index contributed by atoms with van der Waals surface area (Å²) in [6.07, 6.45) is 0.805. The second-order valence-electron chi connectivity index (χ2n) is 5.49. The number of rotatable bonds is 5. The summed E-state index contributed by atoms with van der Waals surface area (Å²) in [6.45, 7) is 5.03. The monoisotopic (exact) mass is 322 g/mol. The van der Waals surface area contributed by atoms with Crippen LogP contribution >= 0.6 is 0 Å². The highest BCUT2D eigenvalue weighted by atomic mass is 19.1. The number of carbonyl (C=O) groups excluding carboxylic acids is 2. The molecule has 1 aliphatic rings. The van der Waals surface area contributed by atoms with Gasteiger partial charge in [0.15, 0.2) is 0 Å². The molecule has 0 saturated carbocycles. The smallest absolute Gasteiger partial charge is 0.309 e. The Balaban J connectivity index is 1.64. The van der Waals surface area contributed by atoms with E-state index in [-0.39, 0.29) is 5.82 Å². The van der Waals surface area contributed by atoms with E-state index in [0.29, 0.717) is 6.54 Å². The molecule has 1 heterocycles. The van der Waals surface area contributed by atoms with Crippen molar-refractivity contribution in [1.29, 1.82) is 0 Å². The number of halogens is 1. The molecule has 2 rings (SSSR count). The quantitative estimate of drug-likeness (QED) is 0.600. The van der Waals surface area contributed by atoms with Crippen molar-refractivity contribution in [3.8, 4) is 0 Å². The van der Waals surface area contributed by atoms with Crippen molar-refractivity contribution >= 4 is 17.5 Å². The van der Waals surface area contributed by atoms with Crippen LogP contribution in [0.1, 0.15) is 6.42 Å². The fourth-order valence-electron chi connectivity index (χ4n) is 2.58. The SMILES string of the molecule is CNC(=O)C(=O)NCCCN1CCN(c2ccc(F)cc2)CC1. The molecule has 1 aromatic carbocycles. The summed E-state index contributed by atoms with van der Waals surface area (Å²) in [6, 6.07) is 6.58. The molecule has 1 aliphatic heterocycles. The van der Waals surface area contributed by atoms with E-state index < -0.39 is 11.8 Å². The van der Waals surface area contributed by atoms with Crippen LogP contribution in [0.25, 0.3) is 0 Å². The van der Waals surface area contributed by atoms with Gasteiger partial charge in [-0.25, -0.2) is 4.39 Å². The second kappa shape index (κ2) is 8.47. The molecule has 7 heteroatoms. The van der Waals surface area contributed by atoms with Crippen molar-refractivity contribution in [1.82, 2.24) is 15.5 Å². The van der Waals surface area contributed by atoms with Crippen molar-refractivity contribution in [3.05, 3.63) is 30.1 Å². The van der Waals surface area contributed by atoms with E-state index in [1.165, 1.54) is 19.2 Å². The van der Waals surface area contributed by atoms with E-state index in [1.807, 2.05) is 0 Å². The van der Waals surface area contributed by atoms with Crippen LogP contribution in [0.5, 0.6) is 0 Å². The lowest BCUT2D eigenvalue weighted by molar-refractivity contribution is -0.138. The van der Waals surface area contributed by atoms with E-state index in [4.69, 9.17) is 0 Å². The maximum atomic E-state index is 12.9. The third-order valence-electron chi connectivity index (χ3n) is 3.93. The minimum atomic E-state index is -0.613. The van der Waals surface area contributed by atoms with E-state index >= 15 is 0 Å². The number of hydrogen-bond donors (Lipinski definition) is 2. The average molecular weight is 322 g/mol. The Kier molecular flexibility index (Phi) is 6.34. The number of hydrogen-bond acceptors (Lipinski definition) is 4. The first-order chi connectivity index (χ1) is 11.1. The minimum absolute atomic E-state index is 0.216. The molecule has 126 valence electrons. The third kappa shape index (κ3) is 5.21. The lowest BCUT2D eigenvalue weighted by Gasteiger charge is -2.36. The molecule has 23 heavy (non-hydrogen) atoms. The highest BCUT2D eigenvalue weighted by molar-refractivity contribution is 6.34. The van der Waals surface area contributed by atoms with Crippen LogP contribution in [0, 0.1) is 5.82 Å². The topological polar surface area (TPSA) is 64.7 Å². The summed E-state index contributed by atoms with van der Waals surface area (Å²) in [4.78, 5) is 26.9. The molecule has 1 saturated heterocycles. The average Bonchev–Trinajstić information content (AvgIpc) is 2.59. The summed E-state index contributed by atoms with van der Waals surface area (Å²) < 4.78 is 12.9. The van der Waals surface area contributed by atoms with Gasteiger partial charge in [-0.1, -0.05) is 0 Å². The maximum Gasteiger partial charge on any atom is 0.309 e. The van der Waals surface area contributed by atoms with E-state index in [0.717, 1.165) is 44.8 Å². The third-order valence-corrected chi connectivity index (χ3v) is 3.93. The van der Waals surface area contributed by atoms with Crippen molar-refractivity contribution in [2.75, 3.05) is 51.2 Å². The van der Waals surface area contributed by atoms with Crippen molar-refractivity contribution in [2.24, 2.45) is 0 Å². The zero-order valence-corrected chi connectivity index (χ0v) is 13.3. The van der Waals surface area contributed by atoms with Gasteiger partial charge in [-0.3, -0.25) is 14.5 Å². The molecule has 6 nitrogen and oxygen atoms in total. The molecule has 1 aromatic rings. The number of carbonyl (C=O) groups is 2. The molecule has 0 unspecified atom stereocenters. The van der Waals surface area contributed by atoms with Crippen LogP contribution in [-0.2, 0) is 9.59 Å². The summed E-state index contributed by atoms with van der Waals surface area (Å²) in [5, 5.41) is 4.88. The normalized spacial score (nSPS) is 15.3. The Labute approximate surface area is 135 Å². The maximum absolute atomic E-state index is 12.9. The largest absolute Gasteiger partial charge is 0.369 e. The Hall–Kier alpha value is -2.15. The number of amides is 2. The zero-order valence-electron chi connectivity index (χ0n) is 13.3. The highest BCUT2D eigenvalue weighted by Crippen LogP contribution is 2.16. The van der Waals surface area contributed by atoms with Gasteiger partial charge in [0.05, 0.1) is 0 Å².